The van der Waals surface area contributed by atoms with Crippen molar-refractivity contribution in [2.75, 3.05) is 31.8 Å². The highest BCUT2D eigenvalue weighted by molar-refractivity contribution is 5.72. The lowest BCUT2D eigenvalue weighted by atomic mass is 10.0. The standard InChI is InChI=1S/C16H20N4O2/c1-21-12-7-6-10(9-13(12)22-2)14-11-5-3-4-8-18-15(11)20-16(17)19-14/h6-7,9H,3-5,8H2,1-2H3,(H3,17,18,19,20). The first-order chi connectivity index (χ1) is 10.7. The topological polar surface area (TPSA) is 82.3 Å². The maximum Gasteiger partial charge on any atom is 0.222 e. The quantitative estimate of drug-likeness (QED) is 0.906. The maximum absolute atomic E-state index is 5.88. The number of aromatic nitrogens is 2. The Morgan fingerprint density at radius 1 is 1.09 bits per heavy atom. The van der Waals surface area contributed by atoms with E-state index in [2.05, 4.69) is 15.3 Å². The van der Waals surface area contributed by atoms with E-state index in [0.717, 1.165) is 48.4 Å². The maximum atomic E-state index is 5.88. The molecule has 6 heteroatoms. The number of hydrogen-bond donors (Lipinski definition) is 2. The lowest BCUT2D eigenvalue weighted by Crippen LogP contribution is -2.07. The van der Waals surface area contributed by atoms with E-state index in [4.69, 9.17) is 15.2 Å². The van der Waals surface area contributed by atoms with E-state index < -0.39 is 0 Å². The third-order valence-electron chi connectivity index (χ3n) is 3.83. The van der Waals surface area contributed by atoms with Crippen molar-refractivity contribution in [2.45, 2.75) is 19.3 Å². The Kier molecular flexibility index (Phi) is 4.00. The Morgan fingerprint density at radius 3 is 2.68 bits per heavy atom. The molecular weight excluding hydrogens is 280 g/mol. The molecular formula is C16H20N4O2. The first-order valence-corrected chi connectivity index (χ1v) is 7.35. The van der Waals surface area contributed by atoms with Crippen LogP contribution < -0.4 is 20.5 Å². The van der Waals surface area contributed by atoms with Crippen LogP contribution in [-0.4, -0.2) is 30.7 Å². The lowest BCUT2D eigenvalue weighted by Gasteiger charge is -2.14. The van der Waals surface area contributed by atoms with Crippen LogP contribution >= 0.6 is 0 Å². The van der Waals surface area contributed by atoms with E-state index in [0.29, 0.717) is 11.5 Å². The highest BCUT2D eigenvalue weighted by atomic mass is 16.5. The van der Waals surface area contributed by atoms with Crippen molar-refractivity contribution in [2.24, 2.45) is 0 Å². The number of nitrogens with zero attached hydrogens (tertiary/aromatic N) is 2. The number of methoxy groups -OCH3 is 2. The van der Waals surface area contributed by atoms with Gasteiger partial charge < -0.3 is 20.5 Å². The molecule has 116 valence electrons. The third-order valence-corrected chi connectivity index (χ3v) is 3.83. The molecule has 0 fully saturated rings. The van der Waals surface area contributed by atoms with Gasteiger partial charge in [-0.15, -0.1) is 0 Å². The molecule has 0 saturated heterocycles. The Bertz CT molecular complexity index is 688. The monoisotopic (exact) mass is 300 g/mol. The molecule has 0 spiro atoms. The van der Waals surface area contributed by atoms with Gasteiger partial charge in [0.15, 0.2) is 11.5 Å². The number of benzene rings is 1. The number of nitrogens with one attached hydrogen (secondary N) is 1. The van der Waals surface area contributed by atoms with Crippen molar-refractivity contribution >= 4 is 11.8 Å². The van der Waals surface area contributed by atoms with Crippen LogP contribution in [0.4, 0.5) is 11.8 Å². The molecule has 2 heterocycles. The second kappa shape index (κ2) is 6.09. The minimum absolute atomic E-state index is 0.276. The average Bonchev–Trinajstić information content (AvgIpc) is 2.78. The largest absolute Gasteiger partial charge is 0.493 e. The number of anilines is 2. The molecule has 0 saturated carbocycles. The molecule has 0 aliphatic carbocycles. The van der Waals surface area contributed by atoms with E-state index in [1.165, 1.54) is 0 Å². The van der Waals surface area contributed by atoms with Crippen molar-refractivity contribution < 1.29 is 9.47 Å². The molecule has 0 radical (unpaired) electrons. The van der Waals surface area contributed by atoms with Gasteiger partial charge in [0.2, 0.25) is 5.95 Å². The van der Waals surface area contributed by atoms with Gasteiger partial charge in [-0.3, -0.25) is 0 Å². The van der Waals surface area contributed by atoms with Crippen LogP contribution in [-0.2, 0) is 6.42 Å². The number of hydrogen-bond acceptors (Lipinski definition) is 6. The fraction of sp³-hybridized carbons (Fsp3) is 0.375. The lowest BCUT2D eigenvalue weighted by molar-refractivity contribution is 0.355. The molecule has 1 aliphatic heterocycles. The predicted molar refractivity (Wildman–Crippen MR) is 86.4 cm³/mol. The van der Waals surface area contributed by atoms with Crippen LogP contribution in [0.25, 0.3) is 11.3 Å². The van der Waals surface area contributed by atoms with E-state index in [1.54, 1.807) is 14.2 Å². The molecule has 1 aromatic carbocycles. The fourth-order valence-electron chi connectivity index (χ4n) is 2.74. The number of rotatable bonds is 3. The van der Waals surface area contributed by atoms with Crippen molar-refractivity contribution in [1.82, 2.24) is 9.97 Å². The van der Waals surface area contributed by atoms with Gasteiger partial charge >= 0.3 is 0 Å². The minimum atomic E-state index is 0.276. The van der Waals surface area contributed by atoms with Crippen molar-refractivity contribution in [3.63, 3.8) is 0 Å². The number of ether oxygens (including phenoxy) is 2. The molecule has 2 aromatic rings. The summed E-state index contributed by atoms with van der Waals surface area (Å²) in [4.78, 5) is 8.80. The molecule has 22 heavy (non-hydrogen) atoms. The Labute approximate surface area is 129 Å². The van der Waals surface area contributed by atoms with Gasteiger partial charge in [-0.2, -0.15) is 4.98 Å². The summed E-state index contributed by atoms with van der Waals surface area (Å²) in [6.07, 6.45) is 3.15. The molecule has 1 aromatic heterocycles. The normalized spacial score (nSPS) is 13.7. The van der Waals surface area contributed by atoms with Gasteiger partial charge in [0, 0.05) is 17.7 Å². The van der Waals surface area contributed by atoms with Crippen LogP contribution in [0.2, 0.25) is 0 Å². The molecule has 1 aliphatic rings. The summed E-state index contributed by atoms with van der Waals surface area (Å²) in [6, 6.07) is 5.77. The van der Waals surface area contributed by atoms with E-state index in [-0.39, 0.29) is 5.95 Å². The van der Waals surface area contributed by atoms with Crippen LogP contribution in [0.1, 0.15) is 18.4 Å². The molecule has 3 rings (SSSR count). The van der Waals surface area contributed by atoms with Crippen LogP contribution in [0, 0.1) is 0 Å². The van der Waals surface area contributed by atoms with Crippen molar-refractivity contribution in [1.29, 1.82) is 0 Å². The zero-order valence-corrected chi connectivity index (χ0v) is 12.8. The molecule has 6 nitrogen and oxygen atoms in total. The van der Waals surface area contributed by atoms with Gasteiger partial charge in [0.1, 0.15) is 5.82 Å². The van der Waals surface area contributed by atoms with Crippen molar-refractivity contribution in [3.05, 3.63) is 23.8 Å². The summed E-state index contributed by atoms with van der Waals surface area (Å²) in [5, 5.41) is 3.34. The van der Waals surface area contributed by atoms with E-state index in [1.807, 2.05) is 18.2 Å². The van der Waals surface area contributed by atoms with Gasteiger partial charge in [0.25, 0.3) is 0 Å². The van der Waals surface area contributed by atoms with Crippen molar-refractivity contribution in [3.8, 4) is 22.8 Å². The number of fused-ring (bicyclic) bond motifs is 1. The van der Waals surface area contributed by atoms with Crippen LogP contribution in [0.5, 0.6) is 11.5 Å². The van der Waals surface area contributed by atoms with Gasteiger partial charge in [-0.05, 0) is 37.5 Å². The number of nitrogen functional groups attached to an aromatic ring is 1. The van der Waals surface area contributed by atoms with Crippen LogP contribution in [0.15, 0.2) is 18.2 Å². The van der Waals surface area contributed by atoms with E-state index in [9.17, 15) is 0 Å². The highest BCUT2D eigenvalue weighted by Gasteiger charge is 2.18. The van der Waals surface area contributed by atoms with Gasteiger partial charge in [-0.1, -0.05) is 0 Å². The Morgan fingerprint density at radius 2 is 1.91 bits per heavy atom. The zero-order valence-electron chi connectivity index (χ0n) is 12.8. The van der Waals surface area contributed by atoms with E-state index >= 15 is 0 Å². The second-order valence-corrected chi connectivity index (χ2v) is 5.21. The summed E-state index contributed by atoms with van der Waals surface area (Å²) in [5.41, 5.74) is 8.80. The summed E-state index contributed by atoms with van der Waals surface area (Å²) < 4.78 is 10.7. The van der Waals surface area contributed by atoms with Crippen LogP contribution in [0.3, 0.4) is 0 Å². The van der Waals surface area contributed by atoms with Gasteiger partial charge in [-0.25, -0.2) is 4.98 Å². The first kappa shape index (κ1) is 14.4. The molecule has 0 amide bonds. The second-order valence-electron chi connectivity index (χ2n) is 5.21. The SMILES string of the molecule is COc1ccc(-c2nc(N)nc3c2CCCCN3)cc1OC. The minimum Gasteiger partial charge on any atom is -0.493 e. The molecule has 0 bridgehead atoms. The third kappa shape index (κ3) is 2.64. The fourth-order valence-corrected chi connectivity index (χ4v) is 2.74. The molecule has 0 atom stereocenters. The van der Waals surface area contributed by atoms with Gasteiger partial charge in [0.05, 0.1) is 19.9 Å². The Balaban J connectivity index is 2.13. The number of nitrogens with two attached hydrogens (primary N) is 1. The Hall–Kier alpha value is -2.50. The highest BCUT2D eigenvalue weighted by Crippen LogP contribution is 2.35. The molecule has 3 N–H and O–H groups in total. The summed E-state index contributed by atoms with van der Waals surface area (Å²) in [7, 11) is 3.24. The molecule has 0 unspecified atom stereocenters. The first-order valence-electron chi connectivity index (χ1n) is 7.35. The zero-order chi connectivity index (χ0) is 15.5. The smallest absolute Gasteiger partial charge is 0.222 e. The summed E-state index contributed by atoms with van der Waals surface area (Å²) in [5.74, 6) is 2.48. The predicted octanol–water partition coefficient (Wildman–Crippen LogP) is 2.49. The average molecular weight is 300 g/mol. The summed E-state index contributed by atoms with van der Waals surface area (Å²) >= 11 is 0. The summed E-state index contributed by atoms with van der Waals surface area (Å²) in [6.45, 7) is 0.912.